The second-order valence-electron chi connectivity index (χ2n) is 17.7. The van der Waals surface area contributed by atoms with Gasteiger partial charge in [0.05, 0.1) is 19.8 Å². The van der Waals surface area contributed by atoms with Crippen molar-refractivity contribution < 1.29 is 73.8 Å². The van der Waals surface area contributed by atoms with Crippen LogP contribution in [0.4, 0.5) is 0 Å². The molecule has 390 valence electrons. The Morgan fingerprint density at radius 1 is 0.485 bits per heavy atom. The van der Waals surface area contributed by atoms with Crippen LogP contribution in [0.25, 0.3) is 0 Å². The van der Waals surface area contributed by atoms with Gasteiger partial charge in [0.25, 0.3) is 0 Å². The van der Waals surface area contributed by atoms with Crippen molar-refractivity contribution >= 4 is 11.9 Å². The summed E-state index contributed by atoms with van der Waals surface area (Å²) in [5.74, 6) is -1.01. The van der Waals surface area contributed by atoms with Gasteiger partial charge in [0.15, 0.2) is 18.7 Å². The van der Waals surface area contributed by atoms with Crippen molar-refractivity contribution in [3.8, 4) is 0 Å². The summed E-state index contributed by atoms with van der Waals surface area (Å²) < 4.78 is 33.5. The number of ether oxygens (including phenoxy) is 6. The molecule has 4 unspecified atom stereocenters. The predicted molar refractivity (Wildman–Crippen MR) is 261 cm³/mol. The number of allylic oxidation sites excluding steroid dienone is 12. The Bertz CT molecular complexity index is 1460. The van der Waals surface area contributed by atoms with Gasteiger partial charge in [-0.05, 0) is 77.0 Å². The zero-order chi connectivity index (χ0) is 49.6. The molecule has 0 aromatic heterocycles. The van der Waals surface area contributed by atoms with E-state index < -0.39 is 99.3 Å². The Kier molecular flexibility index (Phi) is 35.6. The van der Waals surface area contributed by atoms with E-state index in [0.717, 1.165) is 64.2 Å². The van der Waals surface area contributed by atoms with E-state index in [9.17, 15) is 45.3 Å². The lowest BCUT2D eigenvalue weighted by Gasteiger charge is -2.42. The molecule has 2 aliphatic heterocycles. The van der Waals surface area contributed by atoms with E-state index in [1.807, 2.05) is 6.08 Å². The van der Waals surface area contributed by atoms with Gasteiger partial charge in [-0.15, -0.1) is 0 Å². The third-order valence-corrected chi connectivity index (χ3v) is 11.7. The molecule has 15 heteroatoms. The van der Waals surface area contributed by atoms with Crippen LogP contribution in [0.5, 0.6) is 0 Å². The molecule has 2 aliphatic rings. The molecule has 2 rings (SSSR count). The minimum Gasteiger partial charge on any atom is -0.462 e. The number of aliphatic hydroxyl groups excluding tert-OH is 7. The van der Waals surface area contributed by atoms with Crippen LogP contribution in [0, 0.1) is 0 Å². The average Bonchev–Trinajstić information content (AvgIpc) is 3.33. The maximum atomic E-state index is 13.0. The normalized spacial score (nSPS) is 26.4. The lowest BCUT2D eigenvalue weighted by molar-refractivity contribution is -0.332. The molecule has 15 nitrogen and oxygen atoms in total. The molecule has 0 saturated carbocycles. The number of rotatable bonds is 38. The van der Waals surface area contributed by atoms with Crippen molar-refractivity contribution in [2.24, 2.45) is 0 Å². The first kappa shape index (κ1) is 61.1. The highest BCUT2D eigenvalue weighted by molar-refractivity contribution is 5.70. The van der Waals surface area contributed by atoms with Crippen molar-refractivity contribution in [2.75, 3.05) is 26.4 Å². The second-order valence-corrected chi connectivity index (χ2v) is 17.7. The third kappa shape index (κ3) is 27.4. The summed E-state index contributed by atoms with van der Waals surface area (Å²) in [6.45, 7) is 2.45. The summed E-state index contributed by atoms with van der Waals surface area (Å²) >= 11 is 0. The topological polar surface area (TPSA) is 231 Å². The van der Waals surface area contributed by atoms with Crippen molar-refractivity contribution in [2.45, 2.75) is 223 Å². The number of hydrogen-bond donors (Lipinski definition) is 7. The zero-order valence-corrected chi connectivity index (χ0v) is 41.1. The van der Waals surface area contributed by atoms with Gasteiger partial charge in [-0.1, -0.05) is 138 Å². The summed E-state index contributed by atoms with van der Waals surface area (Å²) in [4.78, 5) is 25.7. The molecule has 0 aromatic rings. The van der Waals surface area contributed by atoms with Crippen LogP contribution in [0.15, 0.2) is 72.9 Å². The summed E-state index contributed by atoms with van der Waals surface area (Å²) in [5.41, 5.74) is 0. The van der Waals surface area contributed by atoms with E-state index in [1.165, 1.54) is 44.9 Å². The van der Waals surface area contributed by atoms with E-state index in [4.69, 9.17) is 28.4 Å². The fourth-order valence-electron chi connectivity index (χ4n) is 7.43. The fraction of sp³-hybridized carbons (Fsp3) is 0.736. The highest BCUT2D eigenvalue weighted by atomic mass is 16.7. The van der Waals surface area contributed by atoms with E-state index in [1.54, 1.807) is 0 Å². The number of esters is 2. The number of carbonyl (C=O) groups excluding carboxylic acids is 2. The Balaban J connectivity index is 1.85. The summed E-state index contributed by atoms with van der Waals surface area (Å²) in [6.07, 6.45) is 29.3. The van der Waals surface area contributed by atoms with E-state index >= 15 is 0 Å². The van der Waals surface area contributed by atoms with Crippen LogP contribution in [0.3, 0.4) is 0 Å². The van der Waals surface area contributed by atoms with Gasteiger partial charge < -0.3 is 64.2 Å². The molecule has 0 aromatic carbocycles. The Labute approximate surface area is 406 Å². The van der Waals surface area contributed by atoms with Crippen LogP contribution < -0.4 is 0 Å². The predicted octanol–water partition coefficient (Wildman–Crippen LogP) is 7.04. The molecule has 0 bridgehead atoms. The van der Waals surface area contributed by atoms with Crippen molar-refractivity contribution in [3.05, 3.63) is 72.9 Å². The van der Waals surface area contributed by atoms with Crippen molar-refractivity contribution in [3.63, 3.8) is 0 Å². The highest BCUT2D eigenvalue weighted by Crippen LogP contribution is 2.26. The molecule has 0 aliphatic carbocycles. The first-order valence-corrected chi connectivity index (χ1v) is 25.5. The lowest BCUT2D eigenvalue weighted by Crippen LogP contribution is -2.61. The van der Waals surface area contributed by atoms with Crippen LogP contribution in [0.1, 0.15) is 155 Å². The second kappa shape index (κ2) is 39.6. The molecule has 0 radical (unpaired) electrons. The standard InChI is InChI=1S/C53H88O15/c1-3-5-7-9-11-13-15-17-19-20-22-23-25-27-29-31-33-35-44(55)63-38-41(66-45(56)36-34-32-30-28-26-24-21-18-16-14-12-10-8-6-4-2)39-64-52-51(62)49(60)47(58)43(68-52)40-65-53-50(61)48(59)46(57)42(37-54)67-53/h11,13-14,16-19,21-23,27,29,41-43,46-54,57-62H,3-10,12,15,20,24-26,28,30-40H2,1-2H3/b13-11+,16-14+,19-17+,21-18+,23-22+,29-27+/t41-,42+,43+,46-,47-,48?,49?,50?,51?,52+,53+/m0/s1. The molecule has 0 spiro atoms. The van der Waals surface area contributed by atoms with Gasteiger partial charge in [-0.25, -0.2) is 0 Å². The van der Waals surface area contributed by atoms with Gasteiger partial charge in [-0.3, -0.25) is 9.59 Å². The monoisotopic (exact) mass is 965 g/mol. The van der Waals surface area contributed by atoms with E-state index in [2.05, 4.69) is 80.7 Å². The van der Waals surface area contributed by atoms with Crippen LogP contribution in [0.2, 0.25) is 0 Å². The first-order valence-electron chi connectivity index (χ1n) is 25.5. The van der Waals surface area contributed by atoms with Crippen molar-refractivity contribution in [1.82, 2.24) is 0 Å². The first-order chi connectivity index (χ1) is 33.0. The number of unbranched alkanes of at least 4 members (excludes halogenated alkanes) is 13. The summed E-state index contributed by atoms with van der Waals surface area (Å²) in [7, 11) is 0. The maximum absolute atomic E-state index is 13.0. The van der Waals surface area contributed by atoms with Gasteiger partial charge in [-0.2, -0.15) is 0 Å². The van der Waals surface area contributed by atoms with E-state index in [-0.39, 0.29) is 19.4 Å². The van der Waals surface area contributed by atoms with Crippen LogP contribution >= 0.6 is 0 Å². The third-order valence-electron chi connectivity index (χ3n) is 11.7. The smallest absolute Gasteiger partial charge is 0.306 e. The van der Waals surface area contributed by atoms with E-state index in [0.29, 0.717) is 19.3 Å². The van der Waals surface area contributed by atoms with Gasteiger partial charge in [0.1, 0.15) is 55.4 Å². The van der Waals surface area contributed by atoms with Gasteiger partial charge in [0.2, 0.25) is 0 Å². The average molecular weight is 965 g/mol. The molecule has 2 saturated heterocycles. The van der Waals surface area contributed by atoms with Crippen LogP contribution in [-0.4, -0.2) is 142 Å². The minimum atomic E-state index is -1.78. The van der Waals surface area contributed by atoms with Crippen LogP contribution in [-0.2, 0) is 38.0 Å². The van der Waals surface area contributed by atoms with Gasteiger partial charge in [0, 0.05) is 12.8 Å². The summed E-state index contributed by atoms with van der Waals surface area (Å²) in [6, 6.07) is 0. The SMILES string of the molecule is CCCCC/C=C/C/C=C/C/C=C/C/C=C/CCCC(=O)OC[C@@H](CO[C@@H]1O[C@H](CO[C@@H]2O[C@H](CO)[C@H](O)C(O)C2O)[C@H](O)C(O)C1O)OC(=O)CCCCCCC/C=C/C=C/CCCCCC. The molecular formula is C53H88O15. The fourth-order valence-corrected chi connectivity index (χ4v) is 7.43. The highest BCUT2D eigenvalue weighted by Gasteiger charge is 2.47. The van der Waals surface area contributed by atoms with Gasteiger partial charge >= 0.3 is 11.9 Å². The maximum Gasteiger partial charge on any atom is 0.306 e. The lowest BCUT2D eigenvalue weighted by atomic mass is 9.98. The van der Waals surface area contributed by atoms with Crippen molar-refractivity contribution in [1.29, 1.82) is 0 Å². The molecule has 11 atom stereocenters. The Hall–Kier alpha value is -3.06. The number of hydrogen-bond acceptors (Lipinski definition) is 15. The Morgan fingerprint density at radius 3 is 1.54 bits per heavy atom. The molecule has 2 heterocycles. The molecule has 2 fully saturated rings. The largest absolute Gasteiger partial charge is 0.462 e. The Morgan fingerprint density at radius 2 is 0.941 bits per heavy atom. The number of aliphatic hydroxyl groups is 7. The summed E-state index contributed by atoms with van der Waals surface area (Å²) in [5, 5.41) is 72.0. The zero-order valence-electron chi connectivity index (χ0n) is 41.1. The minimum absolute atomic E-state index is 0.132. The quantitative estimate of drug-likeness (QED) is 0.0142. The molecule has 7 N–H and O–H groups in total. The molecule has 68 heavy (non-hydrogen) atoms. The molecular weight excluding hydrogens is 877 g/mol. The molecule has 0 amide bonds. The number of carbonyl (C=O) groups is 2.